The number of hydrogen-bond donors (Lipinski definition) is 0. The highest BCUT2D eigenvalue weighted by molar-refractivity contribution is 6.13. The van der Waals surface area contributed by atoms with Crippen LogP contribution in [0.3, 0.4) is 0 Å². The van der Waals surface area contributed by atoms with Crippen molar-refractivity contribution in [2.24, 2.45) is 0 Å². The first-order valence-electron chi connectivity index (χ1n) is 7.00. The molecule has 4 aromatic carbocycles. The quantitative estimate of drug-likeness (QED) is 0.384. The average Bonchev–Trinajstić information content (AvgIpc) is 2.56. The molecule has 0 atom stereocenters. The normalized spacial score (nSPS) is 11.1. The SMILES string of the molecule is Fc1c2ccccc2c(-c2ccccc2)c2ccccc12. The largest absolute Gasteiger partial charge is 0.206 e. The van der Waals surface area contributed by atoms with Crippen molar-refractivity contribution in [2.75, 3.05) is 0 Å². The molecule has 0 fully saturated rings. The van der Waals surface area contributed by atoms with Gasteiger partial charge in [0.15, 0.2) is 0 Å². The lowest BCUT2D eigenvalue weighted by Crippen LogP contribution is -1.89. The Kier molecular flexibility index (Phi) is 2.71. The second-order valence-electron chi connectivity index (χ2n) is 5.15. The van der Waals surface area contributed by atoms with Gasteiger partial charge < -0.3 is 0 Å². The van der Waals surface area contributed by atoms with Gasteiger partial charge in [0.05, 0.1) is 0 Å². The predicted molar refractivity (Wildman–Crippen MR) is 86.8 cm³/mol. The fourth-order valence-electron chi connectivity index (χ4n) is 2.99. The van der Waals surface area contributed by atoms with Gasteiger partial charge in [0.1, 0.15) is 5.82 Å². The Balaban J connectivity index is 2.28. The molecule has 0 amide bonds. The minimum atomic E-state index is -0.138. The second-order valence-corrected chi connectivity index (χ2v) is 5.15. The summed E-state index contributed by atoms with van der Waals surface area (Å²) in [5.74, 6) is -0.138. The third-order valence-electron chi connectivity index (χ3n) is 3.93. The van der Waals surface area contributed by atoms with Crippen molar-refractivity contribution in [3.63, 3.8) is 0 Å². The van der Waals surface area contributed by atoms with Gasteiger partial charge in [-0.25, -0.2) is 4.39 Å². The lowest BCUT2D eigenvalue weighted by atomic mass is 9.92. The van der Waals surface area contributed by atoms with Crippen LogP contribution in [0.2, 0.25) is 0 Å². The summed E-state index contributed by atoms with van der Waals surface area (Å²) in [6, 6.07) is 25.6. The second kappa shape index (κ2) is 4.71. The molecule has 0 heterocycles. The minimum absolute atomic E-state index is 0.138. The van der Waals surface area contributed by atoms with Gasteiger partial charge in [-0.2, -0.15) is 0 Å². The van der Waals surface area contributed by atoms with Crippen LogP contribution in [0.1, 0.15) is 0 Å². The van der Waals surface area contributed by atoms with Crippen LogP contribution < -0.4 is 0 Å². The Morgan fingerprint density at radius 3 is 1.43 bits per heavy atom. The Morgan fingerprint density at radius 2 is 0.905 bits per heavy atom. The van der Waals surface area contributed by atoms with Crippen LogP contribution >= 0.6 is 0 Å². The van der Waals surface area contributed by atoms with E-state index in [0.717, 1.165) is 21.9 Å². The molecule has 0 aliphatic heterocycles. The Hall–Kier alpha value is -2.67. The predicted octanol–water partition coefficient (Wildman–Crippen LogP) is 5.80. The van der Waals surface area contributed by atoms with E-state index in [1.54, 1.807) is 0 Å². The topological polar surface area (TPSA) is 0 Å². The summed E-state index contributed by atoms with van der Waals surface area (Å²) in [5, 5.41) is 3.27. The van der Waals surface area contributed by atoms with E-state index < -0.39 is 0 Å². The Bertz CT molecular complexity index is 883. The number of hydrogen-bond acceptors (Lipinski definition) is 0. The van der Waals surface area contributed by atoms with Gasteiger partial charge in [-0.1, -0.05) is 78.9 Å². The highest BCUT2D eigenvalue weighted by Gasteiger charge is 2.14. The average molecular weight is 272 g/mol. The molecule has 21 heavy (non-hydrogen) atoms. The van der Waals surface area contributed by atoms with Crippen molar-refractivity contribution in [3.8, 4) is 11.1 Å². The van der Waals surface area contributed by atoms with Gasteiger partial charge >= 0.3 is 0 Å². The number of halogens is 1. The third-order valence-corrected chi connectivity index (χ3v) is 3.93. The zero-order valence-electron chi connectivity index (χ0n) is 11.4. The fraction of sp³-hybridized carbons (Fsp3) is 0. The van der Waals surface area contributed by atoms with E-state index in [1.807, 2.05) is 66.7 Å². The molecule has 0 aromatic heterocycles. The minimum Gasteiger partial charge on any atom is -0.206 e. The fourth-order valence-corrected chi connectivity index (χ4v) is 2.99. The molecule has 0 nitrogen and oxygen atoms in total. The molecule has 4 aromatic rings. The maximum absolute atomic E-state index is 14.8. The number of fused-ring (bicyclic) bond motifs is 2. The molecule has 0 aliphatic rings. The Labute approximate surface area is 122 Å². The first kappa shape index (κ1) is 12.1. The summed E-state index contributed by atoms with van der Waals surface area (Å²) in [4.78, 5) is 0. The van der Waals surface area contributed by atoms with Crippen LogP contribution in [-0.2, 0) is 0 Å². The van der Waals surface area contributed by atoms with E-state index in [1.165, 1.54) is 0 Å². The van der Waals surface area contributed by atoms with Crippen LogP contribution in [0.4, 0.5) is 4.39 Å². The highest BCUT2D eigenvalue weighted by Crippen LogP contribution is 2.38. The number of rotatable bonds is 1. The zero-order chi connectivity index (χ0) is 14.2. The van der Waals surface area contributed by atoms with Crippen molar-refractivity contribution in [1.29, 1.82) is 0 Å². The van der Waals surface area contributed by atoms with Gasteiger partial charge in [0.25, 0.3) is 0 Å². The van der Waals surface area contributed by atoms with Crippen LogP contribution in [0.5, 0.6) is 0 Å². The lowest BCUT2D eigenvalue weighted by Gasteiger charge is -2.13. The lowest BCUT2D eigenvalue weighted by molar-refractivity contribution is 0.651. The smallest absolute Gasteiger partial charge is 0.138 e. The summed E-state index contributed by atoms with van der Waals surface area (Å²) < 4.78 is 14.8. The van der Waals surface area contributed by atoms with E-state index >= 15 is 0 Å². The van der Waals surface area contributed by atoms with Gasteiger partial charge in [-0.15, -0.1) is 0 Å². The summed E-state index contributed by atoms with van der Waals surface area (Å²) in [5.41, 5.74) is 2.22. The molecule has 0 radical (unpaired) electrons. The first-order chi connectivity index (χ1) is 10.4. The van der Waals surface area contributed by atoms with Gasteiger partial charge in [0, 0.05) is 10.8 Å². The first-order valence-corrected chi connectivity index (χ1v) is 7.00. The van der Waals surface area contributed by atoms with Crippen molar-refractivity contribution in [3.05, 3.63) is 84.7 Å². The molecule has 0 saturated carbocycles. The van der Waals surface area contributed by atoms with E-state index in [4.69, 9.17) is 0 Å². The monoisotopic (exact) mass is 272 g/mol. The Morgan fingerprint density at radius 1 is 0.476 bits per heavy atom. The molecule has 4 rings (SSSR count). The van der Waals surface area contributed by atoms with Crippen LogP contribution in [0.15, 0.2) is 78.9 Å². The maximum atomic E-state index is 14.8. The van der Waals surface area contributed by atoms with E-state index in [-0.39, 0.29) is 5.82 Å². The molecular formula is C20H13F. The molecule has 0 bridgehead atoms. The van der Waals surface area contributed by atoms with Crippen molar-refractivity contribution < 1.29 is 4.39 Å². The van der Waals surface area contributed by atoms with E-state index in [0.29, 0.717) is 10.8 Å². The summed E-state index contributed by atoms with van der Waals surface area (Å²) in [6.07, 6.45) is 0. The number of benzene rings is 4. The van der Waals surface area contributed by atoms with E-state index in [9.17, 15) is 4.39 Å². The van der Waals surface area contributed by atoms with Gasteiger partial charge in [-0.3, -0.25) is 0 Å². The van der Waals surface area contributed by atoms with Gasteiger partial charge in [-0.05, 0) is 21.9 Å². The molecule has 0 spiro atoms. The van der Waals surface area contributed by atoms with Crippen molar-refractivity contribution in [2.45, 2.75) is 0 Å². The molecule has 0 N–H and O–H groups in total. The molecule has 0 saturated heterocycles. The summed E-state index contributed by atoms with van der Waals surface area (Å²) in [7, 11) is 0. The highest BCUT2D eigenvalue weighted by atomic mass is 19.1. The van der Waals surface area contributed by atoms with Crippen molar-refractivity contribution in [1.82, 2.24) is 0 Å². The third kappa shape index (κ3) is 1.82. The molecule has 0 unspecified atom stereocenters. The maximum Gasteiger partial charge on any atom is 0.138 e. The van der Waals surface area contributed by atoms with E-state index in [2.05, 4.69) is 12.1 Å². The summed E-state index contributed by atoms with van der Waals surface area (Å²) >= 11 is 0. The van der Waals surface area contributed by atoms with Crippen LogP contribution in [0.25, 0.3) is 32.7 Å². The summed E-state index contributed by atoms with van der Waals surface area (Å²) in [6.45, 7) is 0. The molecular weight excluding hydrogens is 259 g/mol. The van der Waals surface area contributed by atoms with Crippen LogP contribution in [0, 0.1) is 5.82 Å². The van der Waals surface area contributed by atoms with Crippen LogP contribution in [-0.4, -0.2) is 0 Å². The standard InChI is InChI=1S/C20H13F/c21-20-17-12-6-4-10-15(17)19(14-8-2-1-3-9-14)16-11-5-7-13-18(16)20/h1-13H. The van der Waals surface area contributed by atoms with Gasteiger partial charge in [0.2, 0.25) is 0 Å². The molecule has 1 heteroatoms. The molecule has 100 valence electrons. The molecule has 0 aliphatic carbocycles. The van der Waals surface area contributed by atoms with Crippen molar-refractivity contribution >= 4 is 21.5 Å². The zero-order valence-corrected chi connectivity index (χ0v) is 11.4.